The number of hydrogen-bond acceptors (Lipinski definition) is 4. The highest BCUT2D eigenvalue weighted by Gasteiger charge is 2.10. The van der Waals surface area contributed by atoms with E-state index in [1.165, 1.54) is 31.9 Å². The van der Waals surface area contributed by atoms with Crippen molar-refractivity contribution in [1.82, 2.24) is 14.5 Å². The van der Waals surface area contributed by atoms with Crippen LogP contribution in [0.2, 0.25) is 0 Å². The van der Waals surface area contributed by atoms with Gasteiger partial charge in [0.05, 0.1) is 25.2 Å². The summed E-state index contributed by atoms with van der Waals surface area (Å²) in [4.78, 5) is 23.4. The molecule has 3 aromatic rings. The third-order valence-electron chi connectivity index (χ3n) is 5.05. The molecule has 0 radical (unpaired) electrons. The molecule has 2 aromatic heterocycles. The first-order valence-electron chi connectivity index (χ1n) is 9.90. The number of benzene rings is 1. The smallest absolute Gasteiger partial charge is 0.310 e. The number of esters is 1. The average Bonchev–Trinajstić information content (AvgIpc) is 3.16. The van der Waals surface area contributed by atoms with E-state index in [0.717, 1.165) is 41.7 Å². The summed E-state index contributed by atoms with van der Waals surface area (Å²) in [5, 5.41) is 4.27. The monoisotopic (exact) mass is 393 g/mol. The van der Waals surface area contributed by atoms with E-state index in [9.17, 15) is 9.59 Å². The van der Waals surface area contributed by atoms with Crippen LogP contribution >= 0.6 is 0 Å². The normalized spacial score (nSPS) is 13.5. The van der Waals surface area contributed by atoms with Crippen molar-refractivity contribution in [3.63, 3.8) is 0 Å². The zero-order valence-electron chi connectivity index (χ0n) is 17.0. The summed E-state index contributed by atoms with van der Waals surface area (Å²) in [6, 6.07) is 12.4. The Morgan fingerprint density at radius 2 is 1.90 bits per heavy atom. The standard InChI is InChI=1S/C17H16N2O2.C6H11NO/c1-12-4-3-5-13(8-12)14-6-7-19-16(9-14)15(11-18-19)10-17(20)21-2;8-6-7-4-2-1-3-5-7/h3-9,11H,10H2,1-2H3;6H,1-5H2. The summed E-state index contributed by atoms with van der Waals surface area (Å²) < 4.78 is 6.50. The second-order valence-corrected chi connectivity index (χ2v) is 7.24. The number of methoxy groups -OCH3 is 1. The van der Waals surface area contributed by atoms with Crippen LogP contribution in [0.25, 0.3) is 16.6 Å². The molecule has 1 amide bonds. The van der Waals surface area contributed by atoms with Crippen molar-refractivity contribution in [1.29, 1.82) is 0 Å². The van der Waals surface area contributed by atoms with E-state index in [4.69, 9.17) is 4.74 Å². The number of carbonyl (C=O) groups is 2. The van der Waals surface area contributed by atoms with Crippen LogP contribution in [0.1, 0.15) is 30.4 Å². The number of fused-ring (bicyclic) bond motifs is 1. The molecule has 4 rings (SSSR count). The quantitative estimate of drug-likeness (QED) is 0.501. The minimum absolute atomic E-state index is 0.233. The largest absolute Gasteiger partial charge is 0.469 e. The van der Waals surface area contributed by atoms with E-state index in [-0.39, 0.29) is 12.4 Å². The summed E-state index contributed by atoms with van der Waals surface area (Å²) in [5.41, 5.74) is 5.28. The molecule has 6 nitrogen and oxygen atoms in total. The van der Waals surface area contributed by atoms with Crippen LogP contribution in [0.3, 0.4) is 0 Å². The highest BCUT2D eigenvalue weighted by atomic mass is 16.5. The van der Waals surface area contributed by atoms with E-state index in [1.54, 1.807) is 10.7 Å². The van der Waals surface area contributed by atoms with Gasteiger partial charge in [-0.3, -0.25) is 9.59 Å². The predicted octanol–water partition coefficient (Wildman–Crippen LogP) is 3.65. The Bertz CT molecular complexity index is 974. The molecule has 0 bridgehead atoms. The highest BCUT2D eigenvalue weighted by Crippen LogP contribution is 2.23. The lowest BCUT2D eigenvalue weighted by atomic mass is 10.0. The summed E-state index contributed by atoms with van der Waals surface area (Å²) in [7, 11) is 1.40. The van der Waals surface area contributed by atoms with Gasteiger partial charge < -0.3 is 9.64 Å². The number of aromatic nitrogens is 2. The molecule has 0 N–H and O–H groups in total. The van der Waals surface area contributed by atoms with Gasteiger partial charge in [0, 0.05) is 24.8 Å². The second-order valence-electron chi connectivity index (χ2n) is 7.24. The van der Waals surface area contributed by atoms with Crippen molar-refractivity contribution in [2.75, 3.05) is 20.2 Å². The van der Waals surface area contributed by atoms with Crippen molar-refractivity contribution in [2.45, 2.75) is 32.6 Å². The van der Waals surface area contributed by atoms with Crippen molar-refractivity contribution in [3.8, 4) is 11.1 Å². The first-order chi connectivity index (χ1) is 14.1. The van der Waals surface area contributed by atoms with Gasteiger partial charge in [0.25, 0.3) is 0 Å². The Balaban J connectivity index is 0.000000252. The van der Waals surface area contributed by atoms with Gasteiger partial charge in [-0.2, -0.15) is 5.10 Å². The van der Waals surface area contributed by atoms with Crippen LogP contribution in [0.15, 0.2) is 48.8 Å². The highest BCUT2D eigenvalue weighted by molar-refractivity contribution is 5.78. The fraction of sp³-hybridized carbons (Fsp3) is 0.348. The lowest BCUT2D eigenvalue weighted by Crippen LogP contribution is -2.27. The van der Waals surface area contributed by atoms with E-state index < -0.39 is 0 Å². The first kappa shape index (κ1) is 20.6. The fourth-order valence-corrected chi connectivity index (χ4v) is 3.42. The zero-order chi connectivity index (χ0) is 20.6. The maximum Gasteiger partial charge on any atom is 0.310 e. The Labute approximate surface area is 171 Å². The van der Waals surface area contributed by atoms with E-state index in [0.29, 0.717) is 0 Å². The van der Waals surface area contributed by atoms with Gasteiger partial charge in [-0.1, -0.05) is 29.8 Å². The maximum atomic E-state index is 11.5. The predicted molar refractivity (Wildman–Crippen MR) is 113 cm³/mol. The number of likely N-dealkylation sites (tertiary alicyclic amines) is 1. The summed E-state index contributed by atoms with van der Waals surface area (Å²) in [5.74, 6) is -0.258. The topological polar surface area (TPSA) is 63.9 Å². The molecule has 0 unspecified atom stereocenters. The van der Waals surface area contributed by atoms with Crippen LogP contribution in [0.4, 0.5) is 0 Å². The zero-order valence-corrected chi connectivity index (χ0v) is 17.0. The molecule has 0 saturated carbocycles. The van der Waals surface area contributed by atoms with Crippen molar-refractivity contribution in [2.24, 2.45) is 0 Å². The number of rotatable bonds is 4. The van der Waals surface area contributed by atoms with Gasteiger partial charge in [0.2, 0.25) is 6.41 Å². The number of ether oxygens (including phenoxy) is 1. The molecule has 3 heterocycles. The molecule has 1 aromatic carbocycles. The Hall–Kier alpha value is -3.15. The summed E-state index contributed by atoms with van der Waals surface area (Å²) in [6.45, 7) is 4.02. The molecule has 1 saturated heterocycles. The Morgan fingerprint density at radius 3 is 2.55 bits per heavy atom. The minimum atomic E-state index is -0.258. The van der Waals surface area contributed by atoms with E-state index >= 15 is 0 Å². The SMILES string of the molecule is COC(=O)Cc1cnn2ccc(-c3cccc(C)c3)cc12.O=CN1CCCCC1. The van der Waals surface area contributed by atoms with Crippen LogP contribution in [-0.4, -0.2) is 47.1 Å². The molecule has 1 aliphatic rings. The van der Waals surface area contributed by atoms with Crippen molar-refractivity contribution >= 4 is 17.9 Å². The molecule has 6 heteroatoms. The number of carbonyl (C=O) groups excluding carboxylic acids is 2. The van der Waals surface area contributed by atoms with Gasteiger partial charge >= 0.3 is 5.97 Å². The van der Waals surface area contributed by atoms with Crippen LogP contribution in [-0.2, 0) is 20.7 Å². The Kier molecular flexibility index (Phi) is 7.00. The van der Waals surface area contributed by atoms with Gasteiger partial charge in [0.1, 0.15) is 0 Å². The molecule has 29 heavy (non-hydrogen) atoms. The molecule has 1 fully saturated rings. The van der Waals surface area contributed by atoms with Gasteiger partial charge in [0.15, 0.2) is 0 Å². The number of aryl methyl sites for hydroxylation is 1. The third-order valence-corrected chi connectivity index (χ3v) is 5.05. The second kappa shape index (κ2) is 9.87. The molecule has 1 aliphatic heterocycles. The number of amides is 1. The molecular formula is C23H27N3O3. The van der Waals surface area contributed by atoms with E-state index in [1.807, 2.05) is 23.2 Å². The van der Waals surface area contributed by atoms with Gasteiger partial charge in [-0.15, -0.1) is 0 Å². The fourth-order valence-electron chi connectivity index (χ4n) is 3.42. The number of pyridine rings is 1. The molecule has 0 aliphatic carbocycles. The summed E-state index contributed by atoms with van der Waals surface area (Å²) >= 11 is 0. The Morgan fingerprint density at radius 1 is 1.14 bits per heavy atom. The molecule has 0 spiro atoms. The van der Waals surface area contributed by atoms with Crippen molar-refractivity contribution in [3.05, 3.63) is 59.9 Å². The number of piperidine rings is 1. The number of hydrogen-bond donors (Lipinski definition) is 0. The van der Waals surface area contributed by atoms with Crippen molar-refractivity contribution < 1.29 is 14.3 Å². The van der Waals surface area contributed by atoms with Crippen LogP contribution in [0.5, 0.6) is 0 Å². The number of nitrogens with zero attached hydrogens (tertiary/aromatic N) is 3. The minimum Gasteiger partial charge on any atom is -0.469 e. The molecule has 152 valence electrons. The van der Waals surface area contributed by atoms with Gasteiger partial charge in [-0.05, 0) is 49.4 Å². The lowest BCUT2D eigenvalue weighted by molar-refractivity contribution is -0.139. The lowest BCUT2D eigenvalue weighted by Gasteiger charge is -2.21. The first-order valence-corrected chi connectivity index (χ1v) is 9.90. The summed E-state index contributed by atoms with van der Waals surface area (Å²) in [6.07, 6.45) is 8.48. The average molecular weight is 393 g/mol. The van der Waals surface area contributed by atoms with E-state index in [2.05, 4.69) is 36.3 Å². The third kappa shape index (κ3) is 5.44. The van der Waals surface area contributed by atoms with Crippen LogP contribution < -0.4 is 0 Å². The maximum absolute atomic E-state index is 11.5. The molecular weight excluding hydrogens is 366 g/mol. The van der Waals surface area contributed by atoms with Crippen LogP contribution in [0, 0.1) is 6.92 Å². The molecule has 0 atom stereocenters. The van der Waals surface area contributed by atoms with Gasteiger partial charge in [-0.25, -0.2) is 4.52 Å².